The molecule has 2 unspecified atom stereocenters. The Kier molecular flexibility index (Phi) is 9.83. The zero-order valence-corrected chi connectivity index (χ0v) is 20.5. The minimum absolute atomic E-state index is 0.0219. The molecule has 0 saturated heterocycles. The number of carbonyl (C=O) groups is 3. The lowest BCUT2D eigenvalue weighted by molar-refractivity contribution is -0.132. The Morgan fingerprint density at radius 1 is 0.941 bits per heavy atom. The van der Waals surface area contributed by atoms with Gasteiger partial charge in [0.25, 0.3) is 7.52 Å². The van der Waals surface area contributed by atoms with Crippen LogP contribution < -0.4 is 0 Å². The molecule has 2 N–H and O–H groups in total. The molecule has 2 aromatic rings. The summed E-state index contributed by atoms with van der Waals surface area (Å²) in [6.45, 7) is 4.42. The third-order valence-electron chi connectivity index (χ3n) is 5.32. The Hall–Kier alpha value is -3.16. The number of carboxylic acid groups (broad SMARTS) is 1. The Morgan fingerprint density at radius 2 is 1.53 bits per heavy atom. The molecule has 2 aromatic carbocycles. The van der Waals surface area contributed by atoms with Crippen molar-refractivity contribution in [3.05, 3.63) is 60.2 Å². The summed E-state index contributed by atoms with van der Waals surface area (Å²) in [5.74, 6) is -1.94. The van der Waals surface area contributed by atoms with Gasteiger partial charge in [0.2, 0.25) is 5.91 Å². The molecular formula is C24H31N2O7P. The molecule has 0 aliphatic heterocycles. The summed E-state index contributed by atoms with van der Waals surface area (Å²) in [5, 5.41) is 9.42. The molecule has 2 atom stereocenters. The third-order valence-corrected chi connectivity index (χ3v) is 7.44. The van der Waals surface area contributed by atoms with Crippen LogP contribution >= 0.6 is 7.52 Å². The van der Waals surface area contributed by atoms with Gasteiger partial charge >= 0.3 is 12.2 Å². The second-order valence-electron chi connectivity index (χ2n) is 7.59. The van der Waals surface area contributed by atoms with Crippen molar-refractivity contribution >= 4 is 25.6 Å². The molecule has 10 heteroatoms. The smallest absolute Gasteiger partial charge is 0.416 e. The van der Waals surface area contributed by atoms with Crippen molar-refractivity contribution < 1.29 is 33.7 Å². The van der Waals surface area contributed by atoms with Crippen molar-refractivity contribution in [2.24, 2.45) is 5.92 Å². The first-order valence-electron chi connectivity index (χ1n) is 11.1. The number of nitrogens with zero attached hydrogens (tertiary/aromatic N) is 2. The molecule has 184 valence electrons. The van der Waals surface area contributed by atoms with E-state index in [1.54, 1.807) is 19.1 Å². The van der Waals surface area contributed by atoms with Crippen molar-refractivity contribution in [2.75, 3.05) is 25.9 Å². The van der Waals surface area contributed by atoms with E-state index < -0.39 is 37.7 Å². The van der Waals surface area contributed by atoms with Crippen LogP contribution in [0.1, 0.15) is 26.3 Å². The van der Waals surface area contributed by atoms with Crippen molar-refractivity contribution in [3.63, 3.8) is 0 Å². The first-order chi connectivity index (χ1) is 16.1. The van der Waals surface area contributed by atoms with E-state index in [4.69, 9.17) is 4.74 Å². The van der Waals surface area contributed by atoms with E-state index in [1.165, 1.54) is 13.8 Å². The molecule has 0 radical (unpaired) electrons. The molecule has 2 rings (SSSR count). The monoisotopic (exact) mass is 490 g/mol. The lowest BCUT2D eigenvalue weighted by atomic mass is 9.97. The molecule has 0 heterocycles. The van der Waals surface area contributed by atoms with Crippen LogP contribution in [0.15, 0.2) is 54.6 Å². The van der Waals surface area contributed by atoms with E-state index in [0.29, 0.717) is 15.1 Å². The third kappa shape index (κ3) is 6.92. The number of benzene rings is 2. The van der Waals surface area contributed by atoms with Crippen LogP contribution in [-0.2, 0) is 20.5 Å². The number of amides is 3. The first-order valence-corrected chi connectivity index (χ1v) is 12.9. The molecule has 0 aliphatic rings. The minimum Gasteiger partial charge on any atom is -0.465 e. The fourth-order valence-electron chi connectivity index (χ4n) is 3.65. The number of hydrogen-bond donors (Lipinski definition) is 2. The molecule has 0 spiro atoms. The van der Waals surface area contributed by atoms with Crippen LogP contribution in [0.3, 0.4) is 0 Å². The van der Waals surface area contributed by atoms with Gasteiger partial charge in [0.15, 0.2) is 0 Å². The van der Waals surface area contributed by atoms with E-state index in [-0.39, 0.29) is 26.1 Å². The van der Waals surface area contributed by atoms with Gasteiger partial charge in [-0.15, -0.1) is 0 Å². The molecular weight excluding hydrogens is 459 g/mol. The zero-order valence-electron chi connectivity index (χ0n) is 19.6. The maximum Gasteiger partial charge on any atom is 0.416 e. The van der Waals surface area contributed by atoms with E-state index in [9.17, 15) is 28.9 Å². The fraction of sp³-hybridized carbons (Fsp3) is 0.375. The van der Waals surface area contributed by atoms with Gasteiger partial charge in [-0.1, -0.05) is 54.6 Å². The van der Waals surface area contributed by atoms with Gasteiger partial charge in [-0.3, -0.25) is 9.36 Å². The summed E-state index contributed by atoms with van der Waals surface area (Å²) in [4.78, 5) is 48.2. The van der Waals surface area contributed by atoms with Crippen LogP contribution in [0.25, 0.3) is 11.1 Å². The number of ether oxygens (including phenoxy) is 1. The van der Waals surface area contributed by atoms with Gasteiger partial charge in [0, 0.05) is 13.1 Å². The minimum atomic E-state index is -4.35. The highest BCUT2D eigenvalue weighted by Gasteiger charge is 2.39. The summed E-state index contributed by atoms with van der Waals surface area (Å²) in [6, 6.07) is 17.0. The number of rotatable bonds is 10. The van der Waals surface area contributed by atoms with Crippen molar-refractivity contribution in [1.29, 1.82) is 0 Å². The van der Waals surface area contributed by atoms with Crippen molar-refractivity contribution in [2.45, 2.75) is 27.2 Å². The van der Waals surface area contributed by atoms with Crippen LogP contribution in [-0.4, -0.2) is 63.5 Å². The quantitative estimate of drug-likeness (QED) is 0.463. The average Bonchev–Trinajstić information content (AvgIpc) is 2.80. The Bertz CT molecular complexity index is 1030. The van der Waals surface area contributed by atoms with Crippen LogP contribution in [0.4, 0.5) is 9.59 Å². The van der Waals surface area contributed by atoms with Crippen LogP contribution in [0.5, 0.6) is 0 Å². The SMILES string of the molecule is CCOC(=O)N(CC)P(=O)(O)CC(Cc1ccc(-c2ccccc2)cc1)C(=O)N(CC)C(=O)O. The van der Waals surface area contributed by atoms with Crippen LogP contribution in [0, 0.1) is 5.92 Å². The van der Waals surface area contributed by atoms with E-state index in [2.05, 4.69) is 0 Å². The van der Waals surface area contributed by atoms with Gasteiger partial charge in [-0.2, -0.15) is 0 Å². The highest BCUT2D eigenvalue weighted by Crippen LogP contribution is 2.47. The maximum atomic E-state index is 13.1. The highest BCUT2D eigenvalue weighted by atomic mass is 31.2. The Labute approximate surface area is 199 Å². The van der Waals surface area contributed by atoms with Gasteiger partial charge in [-0.25, -0.2) is 19.2 Å². The van der Waals surface area contributed by atoms with Crippen LogP contribution in [0.2, 0.25) is 0 Å². The van der Waals surface area contributed by atoms with Gasteiger partial charge in [0.1, 0.15) is 0 Å². The molecule has 0 aromatic heterocycles. The summed E-state index contributed by atoms with van der Waals surface area (Å²) in [5.41, 5.74) is 2.66. The predicted octanol–water partition coefficient (Wildman–Crippen LogP) is 4.70. The number of imide groups is 1. The second-order valence-corrected chi connectivity index (χ2v) is 9.77. The summed E-state index contributed by atoms with van der Waals surface area (Å²) in [6.07, 6.45) is -2.96. The molecule has 3 amide bonds. The average molecular weight is 490 g/mol. The number of carbonyl (C=O) groups excluding carboxylic acids is 2. The standard InChI is InChI=1S/C24H31N2O7P/c1-4-25(23(28)29)22(27)21(17-34(31,32)26(5-2)24(30)33-6-3)16-18-12-14-20(15-13-18)19-10-8-7-9-11-19/h7-15,21H,4-6,16-17H2,1-3H3,(H,28,29)(H,31,32). The lowest BCUT2D eigenvalue weighted by Gasteiger charge is -2.29. The second kappa shape index (κ2) is 12.3. The van der Waals surface area contributed by atoms with E-state index >= 15 is 0 Å². The van der Waals surface area contributed by atoms with Crippen molar-refractivity contribution in [1.82, 2.24) is 9.57 Å². The summed E-state index contributed by atoms with van der Waals surface area (Å²) >= 11 is 0. The normalized spacial score (nSPS) is 13.4. The van der Waals surface area contributed by atoms with E-state index in [1.807, 2.05) is 42.5 Å². The van der Waals surface area contributed by atoms with Gasteiger partial charge in [-0.05, 0) is 43.9 Å². The lowest BCUT2D eigenvalue weighted by Crippen LogP contribution is -2.42. The highest BCUT2D eigenvalue weighted by molar-refractivity contribution is 7.56. The van der Waals surface area contributed by atoms with Gasteiger partial charge in [0.05, 0.1) is 18.7 Å². The first kappa shape index (κ1) is 27.1. The fourth-order valence-corrected chi connectivity index (χ4v) is 5.46. The zero-order chi connectivity index (χ0) is 25.3. The van der Waals surface area contributed by atoms with Crippen molar-refractivity contribution in [3.8, 4) is 11.1 Å². The molecule has 9 nitrogen and oxygen atoms in total. The molecule has 0 saturated carbocycles. The largest absolute Gasteiger partial charge is 0.465 e. The summed E-state index contributed by atoms with van der Waals surface area (Å²) in [7, 11) is -4.35. The molecule has 0 bridgehead atoms. The Balaban J connectivity index is 2.34. The maximum absolute atomic E-state index is 13.1. The topological polar surface area (TPSA) is 124 Å². The number of hydrogen-bond acceptors (Lipinski definition) is 5. The summed E-state index contributed by atoms with van der Waals surface area (Å²) < 4.78 is 18.7. The van der Waals surface area contributed by atoms with Gasteiger partial charge < -0.3 is 14.7 Å². The van der Waals surface area contributed by atoms with E-state index in [0.717, 1.165) is 11.1 Å². The Morgan fingerprint density at radius 3 is 2.03 bits per heavy atom. The predicted molar refractivity (Wildman–Crippen MR) is 129 cm³/mol. The molecule has 0 aliphatic carbocycles. The molecule has 34 heavy (non-hydrogen) atoms. The molecule has 0 fully saturated rings.